The molecule has 0 aromatic carbocycles. The summed E-state index contributed by atoms with van der Waals surface area (Å²) in [6, 6.07) is -0.614. The number of carboxylic acids is 1. The van der Waals surface area contributed by atoms with Gasteiger partial charge in [0.2, 0.25) is 0 Å². The Morgan fingerprint density at radius 2 is 1.90 bits per heavy atom. The second-order valence-electron chi connectivity index (χ2n) is 5.45. The van der Waals surface area contributed by atoms with E-state index in [2.05, 4.69) is 5.32 Å². The number of amides is 2. The Balaban J connectivity index is 1.99. The van der Waals surface area contributed by atoms with Crippen LogP contribution in [0.15, 0.2) is 11.6 Å². The fraction of sp³-hybridized carbons (Fsp3) is 0.692. The molecule has 1 aliphatic carbocycles. The highest BCUT2D eigenvalue weighted by Gasteiger charge is 2.44. The van der Waals surface area contributed by atoms with Crippen LogP contribution in [-0.2, 0) is 4.79 Å². The number of carboxylic acid groups (broad SMARTS) is 1. The minimum absolute atomic E-state index is 0.0626. The molecule has 2 rings (SSSR count). The van der Waals surface area contributed by atoms with Gasteiger partial charge in [-0.25, -0.2) is 9.59 Å². The van der Waals surface area contributed by atoms with Gasteiger partial charge in [0.15, 0.2) is 0 Å². The van der Waals surface area contributed by atoms with Gasteiger partial charge in [0.25, 0.3) is 0 Å². The predicted molar refractivity (Wildman–Crippen MR) is 67.7 cm³/mol. The quantitative estimate of drug-likeness (QED) is 0.769. The maximum absolute atomic E-state index is 12.5. The molecule has 2 amide bonds. The summed E-state index contributed by atoms with van der Waals surface area (Å²) in [6.07, 6.45) is -1.52. The molecule has 0 bridgehead atoms. The van der Waals surface area contributed by atoms with Crippen molar-refractivity contribution in [2.24, 2.45) is 0 Å². The van der Waals surface area contributed by atoms with Crippen molar-refractivity contribution in [3.63, 3.8) is 0 Å². The van der Waals surface area contributed by atoms with Gasteiger partial charge in [-0.15, -0.1) is 0 Å². The maximum atomic E-state index is 12.5. The molecule has 1 heterocycles. The van der Waals surface area contributed by atoms with E-state index >= 15 is 0 Å². The van der Waals surface area contributed by atoms with E-state index in [1.54, 1.807) is 0 Å². The van der Waals surface area contributed by atoms with Crippen LogP contribution in [0.3, 0.4) is 0 Å². The lowest BCUT2D eigenvalue weighted by molar-refractivity contribution is -0.144. The topological polar surface area (TPSA) is 69.6 Å². The Morgan fingerprint density at radius 3 is 2.33 bits per heavy atom. The van der Waals surface area contributed by atoms with Gasteiger partial charge in [-0.1, -0.05) is 18.9 Å². The lowest BCUT2D eigenvalue weighted by Gasteiger charge is -2.32. The predicted octanol–water partition coefficient (Wildman–Crippen LogP) is 2.29. The monoisotopic (exact) mass is 306 g/mol. The zero-order valence-electron chi connectivity index (χ0n) is 11.4. The lowest BCUT2D eigenvalue weighted by Crippen LogP contribution is -2.57. The van der Waals surface area contributed by atoms with Gasteiger partial charge in [-0.05, 0) is 19.3 Å². The van der Waals surface area contributed by atoms with Crippen LogP contribution < -0.4 is 5.32 Å². The van der Waals surface area contributed by atoms with Crippen LogP contribution in [0.25, 0.3) is 0 Å². The van der Waals surface area contributed by atoms with Gasteiger partial charge >= 0.3 is 18.2 Å². The molecule has 0 atom stereocenters. The Labute approximate surface area is 119 Å². The molecule has 2 N–H and O–H groups in total. The first-order chi connectivity index (χ1) is 9.74. The molecule has 0 unspecified atom stereocenters. The summed E-state index contributed by atoms with van der Waals surface area (Å²) in [6.45, 7) is -0.219. The third-order valence-electron chi connectivity index (χ3n) is 4.07. The second-order valence-corrected chi connectivity index (χ2v) is 5.45. The van der Waals surface area contributed by atoms with Crippen molar-refractivity contribution >= 4 is 12.0 Å². The first-order valence-electron chi connectivity index (χ1n) is 6.81. The zero-order valence-corrected chi connectivity index (χ0v) is 11.4. The molecule has 1 aliphatic heterocycles. The van der Waals surface area contributed by atoms with Crippen LogP contribution in [0.5, 0.6) is 0 Å². The molecule has 5 nitrogen and oxygen atoms in total. The van der Waals surface area contributed by atoms with E-state index in [1.807, 2.05) is 0 Å². The molecule has 2 aliphatic rings. The van der Waals surface area contributed by atoms with Crippen molar-refractivity contribution in [2.75, 3.05) is 13.1 Å². The Hall–Kier alpha value is -1.73. The molecule has 8 heteroatoms. The number of carbonyl (C=O) groups excluding carboxylic acids is 1. The highest BCUT2D eigenvalue weighted by atomic mass is 19.4. The van der Waals surface area contributed by atoms with Crippen LogP contribution in [0.2, 0.25) is 0 Å². The average molecular weight is 306 g/mol. The summed E-state index contributed by atoms with van der Waals surface area (Å²) in [5.41, 5.74) is -1.91. The van der Waals surface area contributed by atoms with E-state index in [0.717, 1.165) is 6.08 Å². The van der Waals surface area contributed by atoms with Gasteiger partial charge in [0.1, 0.15) is 5.54 Å². The van der Waals surface area contributed by atoms with Gasteiger partial charge in [0.05, 0.1) is 0 Å². The van der Waals surface area contributed by atoms with Crippen LogP contribution in [0, 0.1) is 0 Å². The third-order valence-corrected chi connectivity index (χ3v) is 4.07. The number of carbonyl (C=O) groups is 2. The third kappa shape index (κ3) is 3.30. The van der Waals surface area contributed by atoms with Crippen LogP contribution in [0.1, 0.15) is 32.1 Å². The molecule has 0 spiro atoms. The number of nitrogens with zero attached hydrogens (tertiary/aromatic N) is 1. The number of halogens is 3. The Morgan fingerprint density at radius 1 is 1.29 bits per heavy atom. The van der Waals surface area contributed by atoms with E-state index in [4.69, 9.17) is 0 Å². The highest BCUT2D eigenvalue weighted by molar-refractivity contribution is 5.86. The zero-order chi connectivity index (χ0) is 15.7. The minimum Gasteiger partial charge on any atom is -0.480 e. The van der Waals surface area contributed by atoms with E-state index in [1.165, 1.54) is 4.90 Å². The van der Waals surface area contributed by atoms with Crippen molar-refractivity contribution in [2.45, 2.75) is 43.8 Å². The molecule has 0 saturated heterocycles. The van der Waals surface area contributed by atoms with Crippen LogP contribution >= 0.6 is 0 Å². The smallest absolute Gasteiger partial charge is 0.412 e. The molecule has 21 heavy (non-hydrogen) atoms. The SMILES string of the molecule is O=C(NC1(C(=O)O)CCCC1)N1CC=C(C(F)(F)F)CC1. The molecule has 0 radical (unpaired) electrons. The van der Waals surface area contributed by atoms with Gasteiger partial charge in [0, 0.05) is 18.7 Å². The number of nitrogens with one attached hydrogen (secondary N) is 1. The van der Waals surface area contributed by atoms with Crippen LogP contribution in [-0.4, -0.2) is 46.8 Å². The number of hydrogen-bond donors (Lipinski definition) is 2. The summed E-state index contributed by atoms with van der Waals surface area (Å²) in [7, 11) is 0. The summed E-state index contributed by atoms with van der Waals surface area (Å²) < 4.78 is 37.5. The summed E-state index contributed by atoms with van der Waals surface area (Å²) in [4.78, 5) is 24.6. The molecule has 1 saturated carbocycles. The summed E-state index contributed by atoms with van der Waals surface area (Å²) >= 11 is 0. The molecule has 118 valence electrons. The van der Waals surface area contributed by atoms with Crippen LogP contribution in [0.4, 0.5) is 18.0 Å². The van der Waals surface area contributed by atoms with Crippen molar-refractivity contribution in [3.8, 4) is 0 Å². The standard InChI is InChI=1S/C13H17F3N2O3/c14-13(15,16)9-3-7-18(8-4-9)11(21)17-12(10(19)20)5-1-2-6-12/h3H,1-2,4-8H2,(H,17,21)(H,19,20). The first kappa shape index (κ1) is 15.7. The van der Waals surface area contributed by atoms with Crippen molar-refractivity contribution in [1.29, 1.82) is 0 Å². The first-order valence-corrected chi connectivity index (χ1v) is 6.81. The van der Waals surface area contributed by atoms with Crippen molar-refractivity contribution in [1.82, 2.24) is 10.2 Å². The highest BCUT2D eigenvalue weighted by Crippen LogP contribution is 2.32. The average Bonchev–Trinajstić information content (AvgIpc) is 2.88. The number of rotatable bonds is 2. The molecular weight excluding hydrogens is 289 g/mol. The largest absolute Gasteiger partial charge is 0.480 e. The fourth-order valence-electron chi connectivity index (χ4n) is 2.77. The minimum atomic E-state index is -4.36. The van der Waals surface area contributed by atoms with E-state index < -0.39 is 29.3 Å². The normalized spacial score (nSPS) is 21.9. The number of hydrogen-bond acceptors (Lipinski definition) is 2. The van der Waals surface area contributed by atoms with E-state index in [9.17, 15) is 27.9 Å². The lowest BCUT2D eigenvalue weighted by atomic mass is 9.98. The second kappa shape index (κ2) is 5.57. The van der Waals surface area contributed by atoms with Crippen molar-refractivity contribution in [3.05, 3.63) is 11.6 Å². The number of urea groups is 1. The Kier molecular flexibility index (Phi) is 4.15. The number of aliphatic carboxylic acids is 1. The number of alkyl halides is 3. The van der Waals surface area contributed by atoms with Gasteiger partial charge in [-0.3, -0.25) is 0 Å². The Bertz CT molecular complexity index is 468. The maximum Gasteiger partial charge on any atom is 0.412 e. The van der Waals surface area contributed by atoms with Gasteiger partial charge in [-0.2, -0.15) is 13.2 Å². The molecular formula is C13H17F3N2O3. The summed E-state index contributed by atoms with van der Waals surface area (Å²) in [5.74, 6) is -1.09. The van der Waals surface area contributed by atoms with Gasteiger partial charge < -0.3 is 15.3 Å². The molecule has 0 aromatic rings. The fourth-order valence-corrected chi connectivity index (χ4v) is 2.77. The summed E-state index contributed by atoms with van der Waals surface area (Å²) in [5, 5.41) is 11.8. The molecule has 0 aromatic heterocycles. The molecule has 1 fully saturated rings. The van der Waals surface area contributed by atoms with Crippen molar-refractivity contribution < 1.29 is 27.9 Å². The van der Waals surface area contributed by atoms with E-state index in [-0.39, 0.29) is 19.5 Å². The van der Waals surface area contributed by atoms with E-state index in [0.29, 0.717) is 25.7 Å².